The van der Waals surface area contributed by atoms with Gasteiger partial charge in [0.1, 0.15) is 0 Å². The van der Waals surface area contributed by atoms with E-state index < -0.39 is 0 Å². The molecule has 15 heavy (non-hydrogen) atoms. The van der Waals surface area contributed by atoms with Crippen LogP contribution < -0.4 is 5.43 Å². The van der Waals surface area contributed by atoms with Gasteiger partial charge < -0.3 is 5.43 Å². The van der Waals surface area contributed by atoms with Gasteiger partial charge in [-0.15, -0.1) is 0 Å². The van der Waals surface area contributed by atoms with E-state index in [9.17, 15) is 0 Å². The number of hydrogen-bond donors (Lipinski definition) is 1. The summed E-state index contributed by atoms with van der Waals surface area (Å²) in [5.74, 6) is 0. The van der Waals surface area contributed by atoms with Gasteiger partial charge in [0.05, 0.1) is 6.54 Å². The fourth-order valence-corrected chi connectivity index (χ4v) is 1.54. The van der Waals surface area contributed by atoms with Crippen molar-refractivity contribution in [2.24, 2.45) is 0 Å². The van der Waals surface area contributed by atoms with Gasteiger partial charge in [0.2, 0.25) is 0 Å². The molecule has 1 aromatic carbocycles. The molecule has 0 saturated carbocycles. The third-order valence-electron chi connectivity index (χ3n) is 2.60. The molecular weight excluding hydrogens is 184 g/mol. The Kier molecular flexibility index (Phi) is 2.77. The fourth-order valence-electron chi connectivity index (χ4n) is 1.54. The number of allylic oxidation sites excluding steroid dienone is 3. The smallest absolute Gasteiger partial charge is 0.0637 e. The van der Waals surface area contributed by atoms with Gasteiger partial charge >= 0.3 is 0 Å². The molecule has 2 rings (SSSR count). The molecule has 0 saturated heterocycles. The summed E-state index contributed by atoms with van der Waals surface area (Å²) < 4.78 is 0. The van der Waals surface area contributed by atoms with Crippen molar-refractivity contribution in [2.45, 2.75) is 20.4 Å². The second kappa shape index (κ2) is 4.22. The summed E-state index contributed by atoms with van der Waals surface area (Å²) in [4.78, 5) is 0. The van der Waals surface area contributed by atoms with Crippen molar-refractivity contribution in [1.29, 1.82) is 0 Å². The van der Waals surface area contributed by atoms with Crippen molar-refractivity contribution >= 4 is 0 Å². The van der Waals surface area contributed by atoms with E-state index in [0.717, 1.165) is 6.54 Å². The highest BCUT2D eigenvalue weighted by Gasteiger charge is 2.06. The van der Waals surface area contributed by atoms with Crippen LogP contribution in [0.4, 0.5) is 0 Å². The minimum Gasteiger partial charge on any atom is -0.303 e. The Morgan fingerprint density at radius 1 is 1.13 bits per heavy atom. The van der Waals surface area contributed by atoms with Gasteiger partial charge in [-0.05, 0) is 31.1 Å². The molecule has 0 atom stereocenters. The van der Waals surface area contributed by atoms with E-state index in [0.29, 0.717) is 0 Å². The molecule has 0 radical (unpaired) electrons. The number of hydrazine groups is 1. The van der Waals surface area contributed by atoms with Crippen molar-refractivity contribution in [2.75, 3.05) is 0 Å². The summed E-state index contributed by atoms with van der Waals surface area (Å²) >= 11 is 0. The maximum atomic E-state index is 3.34. The van der Waals surface area contributed by atoms with Crippen molar-refractivity contribution < 1.29 is 0 Å². The van der Waals surface area contributed by atoms with Crippen LogP contribution in [0.5, 0.6) is 0 Å². The Labute approximate surface area is 90.9 Å². The van der Waals surface area contributed by atoms with Crippen LogP contribution in [0.15, 0.2) is 53.9 Å². The van der Waals surface area contributed by atoms with Crippen molar-refractivity contribution in [1.82, 2.24) is 10.4 Å². The molecule has 0 aromatic heterocycles. The maximum absolute atomic E-state index is 3.34. The molecular formula is C13H16N2. The molecule has 1 aliphatic heterocycles. The van der Waals surface area contributed by atoms with E-state index in [1.54, 1.807) is 0 Å². The van der Waals surface area contributed by atoms with Crippen LogP contribution in [-0.4, -0.2) is 5.01 Å². The highest BCUT2D eigenvalue weighted by molar-refractivity contribution is 5.24. The molecule has 0 spiro atoms. The lowest BCUT2D eigenvalue weighted by molar-refractivity contribution is 0.288. The largest absolute Gasteiger partial charge is 0.303 e. The lowest BCUT2D eigenvalue weighted by Crippen LogP contribution is -2.33. The van der Waals surface area contributed by atoms with Gasteiger partial charge in [0, 0.05) is 11.9 Å². The Balaban J connectivity index is 2.02. The first kappa shape index (κ1) is 9.84. The van der Waals surface area contributed by atoms with Gasteiger partial charge in [-0.25, -0.2) is 0 Å². The standard InChI is InChI=1S/C13H16N2/c1-11-8-9-15(14-12(11)2)10-13-6-4-3-5-7-13/h3-9,14H,10H2,1-2H3. The van der Waals surface area contributed by atoms with Gasteiger partial charge in [-0.1, -0.05) is 30.3 Å². The molecule has 78 valence electrons. The van der Waals surface area contributed by atoms with E-state index in [-0.39, 0.29) is 0 Å². The molecule has 1 aromatic rings. The van der Waals surface area contributed by atoms with Gasteiger partial charge in [0.15, 0.2) is 0 Å². The van der Waals surface area contributed by atoms with Crippen LogP contribution in [0.2, 0.25) is 0 Å². The Bertz CT molecular complexity index is 390. The minimum atomic E-state index is 0.891. The van der Waals surface area contributed by atoms with Crippen molar-refractivity contribution in [3.05, 3.63) is 59.4 Å². The highest BCUT2D eigenvalue weighted by Crippen LogP contribution is 2.11. The van der Waals surface area contributed by atoms with E-state index in [4.69, 9.17) is 0 Å². The summed E-state index contributed by atoms with van der Waals surface area (Å²) in [6, 6.07) is 10.4. The van der Waals surface area contributed by atoms with Gasteiger partial charge in [-0.3, -0.25) is 5.01 Å². The molecule has 1 heterocycles. The van der Waals surface area contributed by atoms with Crippen molar-refractivity contribution in [3.8, 4) is 0 Å². The zero-order valence-electron chi connectivity index (χ0n) is 9.20. The molecule has 0 amide bonds. The van der Waals surface area contributed by atoms with Crippen molar-refractivity contribution in [3.63, 3.8) is 0 Å². The van der Waals surface area contributed by atoms with E-state index in [1.165, 1.54) is 16.8 Å². The lowest BCUT2D eigenvalue weighted by Gasteiger charge is -2.27. The summed E-state index contributed by atoms with van der Waals surface area (Å²) in [6.07, 6.45) is 4.21. The van der Waals surface area contributed by atoms with Gasteiger partial charge in [0.25, 0.3) is 0 Å². The third kappa shape index (κ3) is 2.40. The number of hydrogen-bond acceptors (Lipinski definition) is 2. The van der Waals surface area contributed by atoms with E-state index in [2.05, 4.69) is 60.8 Å². The average molecular weight is 200 g/mol. The molecule has 0 unspecified atom stereocenters. The first-order valence-corrected chi connectivity index (χ1v) is 5.18. The summed E-state index contributed by atoms with van der Waals surface area (Å²) in [5.41, 5.74) is 7.16. The predicted octanol–water partition coefficient (Wildman–Crippen LogP) is 2.81. The first-order valence-electron chi connectivity index (χ1n) is 5.18. The molecule has 1 aliphatic rings. The third-order valence-corrected chi connectivity index (χ3v) is 2.60. The van der Waals surface area contributed by atoms with Crippen LogP contribution in [-0.2, 0) is 6.54 Å². The highest BCUT2D eigenvalue weighted by atomic mass is 15.5. The Morgan fingerprint density at radius 2 is 1.87 bits per heavy atom. The number of rotatable bonds is 2. The Morgan fingerprint density at radius 3 is 2.53 bits per heavy atom. The van der Waals surface area contributed by atoms with Crippen LogP contribution in [0.1, 0.15) is 19.4 Å². The monoisotopic (exact) mass is 200 g/mol. The van der Waals surface area contributed by atoms with E-state index >= 15 is 0 Å². The molecule has 0 bridgehead atoms. The normalized spacial score (nSPS) is 15.5. The fraction of sp³-hybridized carbons (Fsp3) is 0.231. The van der Waals surface area contributed by atoms with E-state index in [1.807, 2.05) is 6.07 Å². The summed E-state index contributed by atoms with van der Waals surface area (Å²) in [5, 5.41) is 2.09. The molecule has 2 nitrogen and oxygen atoms in total. The molecule has 1 N–H and O–H groups in total. The number of nitrogens with one attached hydrogen (secondary N) is 1. The lowest BCUT2D eigenvalue weighted by atomic mass is 10.2. The van der Waals surface area contributed by atoms with Crippen LogP contribution in [0.25, 0.3) is 0 Å². The SMILES string of the molecule is CC1=C(C)NN(Cc2ccccc2)C=C1. The first-order chi connectivity index (χ1) is 7.25. The second-order valence-corrected chi connectivity index (χ2v) is 3.85. The molecule has 0 fully saturated rings. The van der Waals surface area contributed by atoms with Crippen LogP contribution in [0.3, 0.4) is 0 Å². The Hall–Kier alpha value is -1.70. The second-order valence-electron chi connectivity index (χ2n) is 3.85. The van der Waals surface area contributed by atoms with Crippen LogP contribution >= 0.6 is 0 Å². The zero-order chi connectivity index (χ0) is 10.7. The van der Waals surface area contributed by atoms with Gasteiger partial charge in [-0.2, -0.15) is 0 Å². The predicted molar refractivity (Wildman–Crippen MR) is 62.6 cm³/mol. The summed E-state index contributed by atoms with van der Waals surface area (Å²) in [7, 11) is 0. The topological polar surface area (TPSA) is 15.3 Å². The number of benzene rings is 1. The maximum Gasteiger partial charge on any atom is 0.0637 e. The molecule has 0 aliphatic carbocycles. The molecule has 2 heteroatoms. The summed E-state index contributed by atoms with van der Waals surface area (Å²) in [6.45, 7) is 5.09. The zero-order valence-corrected chi connectivity index (χ0v) is 9.20. The number of nitrogens with zero attached hydrogens (tertiary/aromatic N) is 1. The average Bonchev–Trinajstić information content (AvgIpc) is 2.25. The minimum absolute atomic E-state index is 0.891. The van der Waals surface area contributed by atoms with Crippen LogP contribution in [0, 0.1) is 0 Å². The quantitative estimate of drug-likeness (QED) is 0.789.